The molecule has 0 aromatic carbocycles. The second kappa shape index (κ2) is 9.00. The predicted octanol–water partition coefficient (Wildman–Crippen LogP) is 4.21. The normalized spacial score (nSPS) is 14.1. The largest absolute Gasteiger partial charge is 0.373 e. The van der Waals surface area contributed by atoms with E-state index in [0.717, 1.165) is 0 Å². The Hall–Kier alpha value is -0.0800. The highest BCUT2D eigenvalue weighted by molar-refractivity contribution is 4.76. The van der Waals surface area contributed by atoms with Crippen LogP contribution in [0.1, 0.15) is 66.2 Å². The van der Waals surface area contributed by atoms with Crippen LogP contribution in [-0.4, -0.2) is 18.8 Å². The van der Waals surface area contributed by atoms with E-state index in [1.165, 1.54) is 38.5 Å². The fourth-order valence-corrected chi connectivity index (χ4v) is 1.85. The highest BCUT2D eigenvalue weighted by Crippen LogP contribution is 2.26. The Balaban J connectivity index is 3.64. The smallest absolute Gasteiger partial charge is 0.106 e. The molecule has 0 fully saturated rings. The summed E-state index contributed by atoms with van der Waals surface area (Å²) in [6.45, 7) is 8.87. The van der Waals surface area contributed by atoms with E-state index >= 15 is 0 Å². The SMILES string of the molecule is CCCCCCCC(C)C(C)(C)OCC[O]. The molecule has 0 aromatic rings. The number of unbranched alkanes of at least 4 members (excludes halogenated alkanes) is 4. The number of hydrogen-bond donors (Lipinski definition) is 0. The summed E-state index contributed by atoms with van der Waals surface area (Å²) in [6.07, 6.45) is 7.82. The summed E-state index contributed by atoms with van der Waals surface area (Å²) >= 11 is 0. The first kappa shape index (κ1) is 15.9. The van der Waals surface area contributed by atoms with Crippen LogP contribution in [0.3, 0.4) is 0 Å². The van der Waals surface area contributed by atoms with Crippen molar-refractivity contribution < 1.29 is 9.84 Å². The summed E-state index contributed by atoms with van der Waals surface area (Å²) in [4.78, 5) is 0. The lowest BCUT2D eigenvalue weighted by molar-refractivity contribution is -0.0759. The monoisotopic (exact) mass is 229 g/mol. The summed E-state index contributed by atoms with van der Waals surface area (Å²) < 4.78 is 5.61. The van der Waals surface area contributed by atoms with Crippen molar-refractivity contribution in [1.82, 2.24) is 0 Å². The van der Waals surface area contributed by atoms with E-state index in [2.05, 4.69) is 27.7 Å². The van der Waals surface area contributed by atoms with Crippen molar-refractivity contribution >= 4 is 0 Å². The van der Waals surface area contributed by atoms with Crippen LogP contribution in [0, 0.1) is 5.92 Å². The molecule has 1 atom stereocenters. The molecule has 0 rings (SSSR count). The number of hydrogen-bond acceptors (Lipinski definition) is 1. The highest BCUT2D eigenvalue weighted by Gasteiger charge is 2.25. The van der Waals surface area contributed by atoms with Crippen molar-refractivity contribution in [2.75, 3.05) is 13.2 Å². The molecule has 0 bridgehead atoms. The van der Waals surface area contributed by atoms with Gasteiger partial charge in [-0.05, 0) is 26.2 Å². The predicted molar refractivity (Wildman–Crippen MR) is 68.1 cm³/mol. The number of rotatable bonds is 10. The van der Waals surface area contributed by atoms with Gasteiger partial charge in [0.1, 0.15) is 6.61 Å². The van der Waals surface area contributed by atoms with E-state index in [9.17, 15) is 5.11 Å². The van der Waals surface area contributed by atoms with E-state index in [-0.39, 0.29) is 12.2 Å². The molecule has 0 aliphatic carbocycles. The molecule has 0 saturated heterocycles. The van der Waals surface area contributed by atoms with Gasteiger partial charge in [-0.3, -0.25) is 0 Å². The molecule has 0 spiro atoms. The van der Waals surface area contributed by atoms with Gasteiger partial charge in [0, 0.05) is 0 Å². The van der Waals surface area contributed by atoms with Crippen LogP contribution in [0.5, 0.6) is 0 Å². The van der Waals surface area contributed by atoms with Gasteiger partial charge in [-0.25, -0.2) is 5.11 Å². The van der Waals surface area contributed by atoms with Crippen molar-refractivity contribution in [1.29, 1.82) is 0 Å². The number of ether oxygens (including phenoxy) is 1. The van der Waals surface area contributed by atoms with E-state index in [0.29, 0.717) is 12.5 Å². The second-order valence-electron chi connectivity index (χ2n) is 5.26. The third kappa shape index (κ3) is 7.24. The third-order valence-corrected chi connectivity index (χ3v) is 3.48. The zero-order valence-corrected chi connectivity index (χ0v) is 11.6. The van der Waals surface area contributed by atoms with Crippen molar-refractivity contribution in [2.24, 2.45) is 5.92 Å². The Kier molecular flexibility index (Phi) is 8.96. The molecule has 0 saturated carbocycles. The van der Waals surface area contributed by atoms with Crippen molar-refractivity contribution in [3.63, 3.8) is 0 Å². The third-order valence-electron chi connectivity index (χ3n) is 3.48. The standard InChI is InChI=1S/C14H29O2/c1-5-6-7-8-9-10-13(2)14(3,4)16-12-11-15/h13H,5-12H2,1-4H3. The zero-order chi connectivity index (χ0) is 12.4. The fourth-order valence-electron chi connectivity index (χ4n) is 1.85. The molecule has 1 unspecified atom stereocenters. The van der Waals surface area contributed by atoms with Gasteiger partial charge in [-0.2, -0.15) is 0 Å². The maximum atomic E-state index is 10.4. The maximum absolute atomic E-state index is 10.4. The van der Waals surface area contributed by atoms with Crippen LogP contribution in [0.2, 0.25) is 0 Å². The Morgan fingerprint density at radius 3 is 2.31 bits per heavy atom. The van der Waals surface area contributed by atoms with Gasteiger partial charge in [0.15, 0.2) is 0 Å². The quantitative estimate of drug-likeness (QED) is 0.516. The van der Waals surface area contributed by atoms with Gasteiger partial charge in [0.2, 0.25) is 0 Å². The molecule has 0 aliphatic rings. The maximum Gasteiger partial charge on any atom is 0.106 e. The van der Waals surface area contributed by atoms with Crippen molar-refractivity contribution in [2.45, 2.75) is 71.8 Å². The lowest BCUT2D eigenvalue weighted by Gasteiger charge is -2.31. The van der Waals surface area contributed by atoms with Crippen molar-refractivity contribution in [3.8, 4) is 0 Å². The molecular weight excluding hydrogens is 200 g/mol. The molecule has 2 heteroatoms. The average Bonchev–Trinajstić information content (AvgIpc) is 2.26. The van der Waals surface area contributed by atoms with Crippen LogP contribution in [0.4, 0.5) is 0 Å². The second-order valence-corrected chi connectivity index (χ2v) is 5.26. The first-order valence-electron chi connectivity index (χ1n) is 6.76. The average molecular weight is 229 g/mol. The van der Waals surface area contributed by atoms with Gasteiger partial charge in [0.05, 0.1) is 12.2 Å². The lowest BCUT2D eigenvalue weighted by Crippen LogP contribution is -2.33. The summed E-state index contributed by atoms with van der Waals surface area (Å²) in [5, 5.41) is 10.4. The molecule has 0 aliphatic heterocycles. The molecule has 16 heavy (non-hydrogen) atoms. The molecule has 1 radical (unpaired) electrons. The zero-order valence-electron chi connectivity index (χ0n) is 11.6. The molecule has 0 aromatic heterocycles. The molecule has 0 heterocycles. The van der Waals surface area contributed by atoms with Crippen molar-refractivity contribution in [3.05, 3.63) is 0 Å². The van der Waals surface area contributed by atoms with Gasteiger partial charge in [0.25, 0.3) is 0 Å². The first-order valence-corrected chi connectivity index (χ1v) is 6.76. The Bertz CT molecular complexity index is 155. The van der Waals surface area contributed by atoms with E-state index in [4.69, 9.17) is 4.74 Å². The Labute approximate surface area is 101 Å². The minimum atomic E-state index is -0.144. The molecular formula is C14H29O2. The van der Waals surface area contributed by atoms with Crippen LogP contribution < -0.4 is 0 Å². The van der Waals surface area contributed by atoms with Crippen LogP contribution in [0.15, 0.2) is 0 Å². The lowest BCUT2D eigenvalue weighted by atomic mass is 9.87. The Morgan fingerprint density at radius 1 is 1.12 bits per heavy atom. The van der Waals surface area contributed by atoms with E-state index in [1.807, 2.05) is 0 Å². The van der Waals surface area contributed by atoms with Crippen LogP contribution in [-0.2, 0) is 9.84 Å². The van der Waals surface area contributed by atoms with E-state index in [1.54, 1.807) is 0 Å². The Morgan fingerprint density at radius 2 is 1.75 bits per heavy atom. The van der Waals surface area contributed by atoms with Crippen LogP contribution in [0.25, 0.3) is 0 Å². The minimum absolute atomic E-state index is 0.132. The van der Waals surface area contributed by atoms with Gasteiger partial charge in [-0.15, -0.1) is 0 Å². The summed E-state index contributed by atoms with van der Waals surface area (Å²) in [5.74, 6) is 0.528. The molecule has 97 valence electrons. The molecule has 0 amide bonds. The molecule has 2 nitrogen and oxygen atoms in total. The summed E-state index contributed by atoms with van der Waals surface area (Å²) in [5.41, 5.74) is -0.144. The fraction of sp³-hybridized carbons (Fsp3) is 1.00. The topological polar surface area (TPSA) is 29.1 Å². The minimum Gasteiger partial charge on any atom is -0.373 e. The highest BCUT2D eigenvalue weighted by atomic mass is 16.5. The van der Waals surface area contributed by atoms with Gasteiger partial charge < -0.3 is 4.74 Å². The summed E-state index contributed by atoms with van der Waals surface area (Å²) in [7, 11) is 0. The summed E-state index contributed by atoms with van der Waals surface area (Å²) in [6, 6.07) is 0. The van der Waals surface area contributed by atoms with Gasteiger partial charge >= 0.3 is 0 Å². The van der Waals surface area contributed by atoms with Gasteiger partial charge in [-0.1, -0.05) is 46.0 Å². The molecule has 0 N–H and O–H groups in total. The van der Waals surface area contributed by atoms with E-state index < -0.39 is 0 Å². The van der Waals surface area contributed by atoms with Crippen LogP contribution >= 0.6 is 0 Å². The first-order chi connectivity index (χ1) is 7.54.